The Morgan fingerprint density at radius 2 is 2.00 bits per heavy atom. The summed E-state index contributed by atoms with van der Waals surface area (Å²) in [7, 11) is 0. The number of benzene rings is 1. The molecule has 3 nitrogen and oxygen atoms in total. The van der Waals surface area contributed by atoms with Gasteiger partial charge in [-0.25, -0.2) is 0 Å². The minimum absolute atomic E-state index is 0. The van der Waals surface area contributed by atoms with Crippen LogP contribution in [0.4, 0.5) is 0 Å². The zero-order valence-corrected chi connectivity index (χ0v) is 16.3. The van der Waals surface area contributed by atoms with Crippen LogP contribution < -0.4 is 5.73 Å². The molecule has 1 aliphatic heterocycles. The Morgan fingerprint density at radius 3 is 2.54 bits per heavy atom. The number of nitrogens with two attached hydrogens (primary N) is 1. The summed E-state index contributed by atoms with van der Waals surface area (Å²) in [4.78, 5) is 15.3. The van der Waals surface area contributed by atoms with E-state index < -0.39 is 5.41 Å². The summed E-state index contributed by atoms with van der Waals surface area (Å²) < 4.78 is 0. The van der Waals surface area contributed by atoms with Crippen LogP contribution in [-0.2, 0) is 10.2 Å². The standard InChI is InChI=1S/C18H24Cl2N2O.ClH/c1-12(21)13-4-2-9-22(11-13)17(23)18(7-3-8-18)14-5-6-15(19)16(20)10-14;/h5-6,10,12-13H,2-4,7-9,11,21H2,1H3;1H. The van der Waals surface area contributed by atoms with Gasteiger partial charge in [-0.1, -0.05) is 35.7 Å². The van der Waals surface area contributed by atoms with Crippen molar-refractivity contribution in [1.82, 2.24) is 4.90 Å². The van der Waals surface area contributed by atoms with Crippen molar-refractivity contribution in [3.8, 4) is 0 Å². The number of nitrogens with zero attached hydrogens (tertiary/aromatic N) is 1. The molecule has 0 radical (unpaired) electrons. The zero-order chi connectivity index (χ0) is 16.6. The highest BCUT2D eigenvalue weighted by atomic mass is 35.5. The van der Waals surface area contributed by atoms with E-state index in [1.165, 1.54) is 0 Å². The fraction of sp³-hybridized carbons (Fsp3) is 0.611. The highest BCUT2D eigenvalue weighted by Crippen LogP contribution is 2.47. The molecule has 1 aromatic carbocycles. The molecule has 1 saturated heterocycles. The fourth-order valence-electron chi connectivity index (χ4n) is 3.88. The van der Waals surface area contributed by atoms with Gasteiger partial charge in [0.25, 0.3) is 0 Å². The number of carbonyl (C=O) groups is 1. The van der Waals surface area contributed by atoms with Crippen LogP contribution in [0.25, 0.3) is 0 Å². The lowest BCUT2D eigenvalue weighted by molar-refractivity contribution is -0.143. The third-order valence-corrected chi connectivity index (χ3v) is 6.32. The summed E-state index contributed by atoms with van der Waals surface area (Å²) >= 11 is 12.2. The van der Waals surface area contributed by atoms with Crippen LogP contribution in [0, 0.1) is 5.92 Å². The maximum Gasteiger partial charge on any atom is 0.233 e. The molecule has 0 bridgehead atoms. The second kappa shape index (κ2) is 7.82. The first-order valence-corrected chi connectivity index (χ1v) is 9.20. The van der Waals surface area contributed by atoms with E-state index in [0.717, 1.165) is 50.8 Å². The predicted octanol–water partition coefficient (Wildman–Crippen LogP) is 4.42. The predicted molar refractivity (Wildman–Crippen MR) is 102 cm³/mol. The van der Waals surface area contributed by atoms with Crippen molar-refractivity contribution in [3.05, 3.63) is 33.8 Å². The summed E-state index contributed by atoms with van der Waals surface area (Å²) in [5, 5.41) is 1.06. The van der Waals surface area contributed by atoms with E-state index in [1.807, 2.05) is 24.0 Å². The Hall–Kier alpha value is -0.480. The molecule has 0 aromatic heterocycles. The van der Waals surface area contributed by atoms with Crippen molar-refractivity contribution in [2.45, 2.75) is 50.5 Å². The van der Waals surface area contributed by atoms with Crippen LogP contribution in [0.15, 0.2) is 18.2 Å². The molecule has 1 aliphatic carbocycles. The molecule has 134 valence electrons. The molecule has 3 rings (SSSR count). The Morgan fingerprint density at radius 1 is 1.29 bits per heavy atom. The van der Waals surface area contributed by atoms with Crippen LogP contribution in [-0.4, -0.2) is 29.9 Å². The summed E-state index contributed by atoms with van der Waals surface area (Å²) in [6, 6.07) is 5.76. The number of hydrogen-bond donors (Lipinski definition) is 1. The maximum atomic E-state index is 13.3. The monoisotopic (exact) mass is 390 g/mol. The van der Waals surface area contributed by atoms with E-state index in [4.69, 9.17) is 28.9 Å². The quantitative estimate of drug-likeness (QED) is 0.829. The van der Waals surface area contributed by atoms with E-state index in [-0.39, 0.29) is 24.4 Å². The van der Waals surface area contributed by atoms with Crippen molar-refractivity contribution in [1.29, 1.82) is 0 Å². The average molecular weight is 392 g/mol. The Labute approximate surface area is 160 Å². The summed E-state index contributed by atoms with van der Waals surface area (Å²) in [5.74, 6) is 0.645. The molecule has 0 spiro atoms. The van der Waals surface area contributed by atoms with E-state index in [2.05, 4.69) is 0 Å². The van der Waals surface area contributed by atoms with Crippen LogP contribution in [0.2, 0.25) is 10.0 Å². The normalized spacial score (nSPS) is 23.8. The summed E-state index contributed by atoms with van der Waals surface area (Å²) in [6.45, 7) is 3.65. The van der Waals surface area contributed by atoms with Gasteiger partial charge in [0.05, 0.1) is 15.5 Å². The smallest absolute Gasteiger partial charge is 0.233 e. The lowest BCUT2D eigenvalue weighted by atomic mass is 9.63. The third kappa shape index (κ3) is 3.55. The first-order chi connectivity index (χ1) is 10.9. The first-order valence-electron chi connectivity index (χ1n) is 8.44. The van der Waals surface area contributed by atoms with E-state index in [0.29, 0.717) is 16.0 Å². The van der Waals surface area contributed by atoms with Crippen LogP contribution in [0.1, 0.15) is 44.6 Å². The van der Waals surface area contributed by atoms with Crippen molar-refractivity contribution in [2.24, 2.45) is 11.7 Å². The van der Waals surface area contributed by atoms with Gasteiger partial charge in [0, 0.05) is 19.1 Å². The van der Waals surface area contributed by atoms with Gasteiger partial charge in [0.15, 0.2) is 0 Å². The number of hydrogen-bond acceptors (Lipinski definition) is 2. The molecule has 1 amide bonds. The second-order valence-corrected chi connectivity index (χ2v) is 7.89. The Balaban J connectivity index is 0.00000208. The molecule has 24 heavy (non-hydrogen) atoms. The average Bonchev–Trinajstić information content (AvgIpc) is 2.49. The van der Waals surface area contributed by atoms with Gasteiger partial charge < -0.3 is 10.6 Å². The lowest BCUT2D eigenvalue weighted by Gasteiger charge is -2.46. The highest BCUT2D eigenvalue weighted by Gasteiger charge is 2.48. The SMILES string of the molecule is CC(N)C1CCCN(C(=O)C2(c3ccc(Cl)c(Cl)c3)CCC2)C1.Cl. The highest BCUT2D eigenvalue weighted by molar-refractivity contribution is 6.42. The van der Waals surface area contributed by atoms with Crippen LogP contribution >= 0.6 is 35.6 Å². The minimum Gasteiger partial charge on any atom is -0.342 e. The summed E-state index contributed by atoms with van der Waals surface area (Å²) in [5.41, 5.74) is 6.66. The van der Waals surface area contributed by atoms with Crippen LogP contribution in [0.5, 0.6) is 0 Å². The molecule has 2 unspecified atom stereocenters. The third-order valence-electron chi connectivity index (χ3n) is 5.58. The minimum atomic E-state index is -0.409. The molecule has 2 atom stereocenters. The number of rotatable bonds is 3. The number of amides is 1. The zero-order valence-electron chi connectivity index (χ0n) is 13.9. The molecule has 1 aromatic rings. The fourth-order valence-corrected chi connectivity index (χ4v) is 4.17. The Kier molecular flexibility index (Phi) is 6.46. The van der Waals surface area contributed by atoms with E-state index in [1.54, 1.807) is 6.07 Å². The van der Waals surface area contributed by atoms with Crippen LogP contribution in [0.3, 0.4) is 0 Å². The van der Waals surface area contributed by atoms with Gasteiger partial charge in [-0.3, -0.25) is 4.79 Å². The Bertz CT molecular complexity index is 602. The van der Waals surface area contributed by atoms with Crippen molar-refractivity contribution in [3.63, 3.8) is 0 Å². The second-order valence-electron chi connectivity index (χ2n) is 7.08. The molecule has 6 heteroatoms. The molecule has 2 N–H and O–H groups in total. The largest absolute Gasteiger partial charge is 0.342 e. The molecular weight excluding hydrogens is 367 g/mol. The van der Waals surface area contributed by atoms with Crippen molar-refractivity contribution in [2.75, 3.05) is 13.1 Å². The van der Waals surface area contributed by atoms with Gasteiger partial charge in [-0.15, -0.1) is 12.4 Å². The van der Waals surface area contributed by atoms with Crippen molar-refractivity contribution < 1.29 is 4.79 Å². The molecular formula is C18H25Cl3N2O. The van der Waals surface area contributed by atoms with E-state index in [9.17, 15) is 4.79 Å². The maximum absolute atomic E-state index is 13.3. The van der Waals surface area contributed by atoms with E-state index >= 15 is 0 Å². The van der Waals surface area contributed by atoms with Gasteiger partial charge in [0.1, 0.15) is 0 Å². The topological polar surface area (TPSA) is 46.3 Å². The number of halogens is 3. The van der Waals surface area contributed by atoms with Gasteiger partial charge in [-0.2, -0.15) is 0 Å². The summed E-state index contributed by atoms with van der Waals surface area (Å²) in [6.07, 6.45) is 5.01. The molecule has 2 aliphatic rings. The number of carbonyl (C=O) groups excluding carboxylic acids is 1. The van der Waals surface area contributed by atoms with Crippen molar-refractivity contribution >= 4 is 41.5 Å². The molecule has 1 heterocycles. The molecule has 1 saturated carbocycles. The lowest BCUT2D eigenvalue weighted by Crippen LogP contribution is -2.54. The number of likely N-dealkylation sites (tertiary alicyclic amines) is 1. The van der Waals surface area contributed by atoms with Gasteiger partial charge in [-0.05, 0) is 56.2 Å². The molecule has 2 fully saturated rings. The number of piperidine rings is 1. The first kappa shape index (κ1) is 19.8. The van der Waals surface area contributed by atoms with Gasteiger partial charge >= 0.3 is 0 Å². The van der Waals surface area contributed by atoms with Gasteiger partial charge in [0.2, 0.25) is 5.91 Å².